The first kappa shape index (κ1) is 8.49. The molecule has 0 amide bonds. The van der Waals surface area contributed by atoms with Crippen LogP contribution in [0.3, 0.4) is 0 Å². The molecule has 1 aromatic rings. The van der Waals surface area contributed by atoms with E-state index in [1.54, 1.807) is 11.1 Å². The van der Waals surface area contributed by atoms with Crippen molar-refractivity contribution in [2.75, 3.05) is 6.54 Å². The van der Waals surface area contributed by atoms with Gasteiger partial charge in [0.1, 0.15) is 0 Å². The summed E-state index contributed by atoms with van der Waals surface area (Å²) in [6.45, 7) is 4.50. The van der Waals surface area contributed by atoms with E-state index in [9.17, 15) is 0 Å². The molecule has 74 valence electrons. The first-order chi connectivity index (χ1) is 6.84. The van der Waals surface area contributed by atoms with Crippen LogP contribution in [0.5, 0.6) is 0 Å². The molecule has 2 aliphatic rings. The van der Waals surface area contributed by atoms with E-state index >= 15 is 0 Å². The van der Waals surface area contributed by atoms with Gasteiger partial charge >= 0.3 is 0 Å². The second-order valence-corrected chi connectivity index (χ2v) is 4.73. The van der Waals surface area contributed by atoms with Crippen LogP contribution in [0.15, 0.2) is 18.2 Å². The van der Waals surface area contributed by atoms with Crippen LogP contribution < -0.4 is 5.32 Å². The molecule has 1 aliphatic carbocycles. The van der Waals surface area contributed by atoms with Crippen LogP contribution in [0.2, 0.25) is 0 Å². The summed E-state index contributed by atoms with van der Waals surface area (Å²) >= 11 is 0. The Bertz CT molecular complexity index is 363. The summed E-state index contributed by atoms with van der Waals surface area (Å²) in [6, 6.07) is 7.08. The van der Waals surface area contributed by atoms with Gasteiger partial charge in [0.15, 0.2) is 0 Å². The van der Waals surface area contributed by atoms with E-state index in [2.05, 4.69) is 30.4 Å². The van der Waals surface area contributed by atoms with Crippen LogP contribution >= 0.6 is 0 Å². The molecule has 1 heteroatoms. The van der Waals surface area contributed by atoms with Gasteiger partial charge in [-0.1, -0.05) is 25.1 Å². The lowest BCUT2D eigenvalue weighted by atomic mass is 9.87. The smallest absolute Gasteiger partial charge is 0.0208 e. The highest BCUT2D eigenvalue weighted by molar-refractivity contribution is 5.43. The van der Waals surface area contributed by atoms with Gasteiger partial charge in [-0.15, -0.1) is 0 Å². The van der Waals surface area contributed by atoms with Crippen LogP contribution in [0.25, 0.3) is 0 Å². The van der Waals surface area contributed by atoms with Gasteiger partial charge in [-0.05, 0) is 36.0 Å². The van der Waals surface area contributed by atoms with Gasteiger partial charge in [0.05, 0.1) is 0 Å². The van der Waals surface area contributed by atoms with Crippen LogP contribution in [-0.2, 0) is 18.4 Å². The summed E-state index contributed by atoms with van der Waals surface area (Å²) in [5, 5.41) is 3.55. The van der Waals surface area contributed by atoms with Gasteiger partial charge in [-0.3, -0.25) is 0 Å². The van der Waals surface area contributed by atoms with Crippen molar-refractivity contribution in [1.82, 2.24) is 5.32 Å². The first-order valence-electron chi connectivity index (χ1n) is 5.67. The van der Waals surface area contributed by atoms with Crippen LogP contribution in [0.1, 0.15) is 36.5 Å². The lowest BCUT2D eigenvalue weighted by molar-refractivity contribution is 0.530. The van der Waals surface area contributed by atoms with Crippen molar-refractivity contribution in [3.05, 3.63) is 34.9 Å². The molecule has 1 heterocycles. The minimum absolute atomic E-state index is 0.542. The van der Waals surface area contributed by atoms with E-state index in [1.165, 1.54) is 24.9 Å². The van der Waals surface area contributed by atoms with Gasteiger partial charge in [-0.2, -0.15) is 0 Å². The molecule has 1 spiro atoms. The molecule has 1 saturated carbocycles. The molecule has 1 nitrogen and oxygen atoms in total. The highest BCUT2D eigenvalue weighted by Crippen LogP contribution is 2.50. The molecular weight excluding hydrogens is 170 g/mol. The Kier molecular flexibility index (Phi) is 1.72. The predicted molar refractivity (Wildman–Crippen MR) is 58.4 cm³/mol. The maximum absolute atomic E-state index is 3.55. The quantitative estimate of drug-likeness (QED) is 0.712. The summed E-state index contributed by atoms with van der Waals surface area (Å²) in [7, 11) is 0. The van der Waals surface area contributed by atoms with Crippen LogP contribution in [0.4, 0.5) is 0 Å². The maximum atomic E-state index is 3.55. The van der Waals surface area contributed by atoms with Crippen molar-refractivity contribution in [3.63, 3.8) is 0 Å². The Labute approximate surface area is 85.5 Å². The highest BCUT2D eigenvalue weighted by atomic mass is 14.9. The molecule has 0 radical (unpaired) electrons. The van der Waals surface area contributed by atoms with E-state index in [1.807, 2.05) is 0 Å². The minimum Gasteiger partial charge on any atom is -0.312 e. The third-order valence-electron chi connectivity index (χ3n) is 3.78. The van der Waals surface area contributed by atoms with E-state index in [0.717, 1.165) is 13.0 Å². The second kappa shape index (κ2) is 2.83. The van der Waals surface area contributed by atoms with Crippen LogP contribution in [0, 0.1) is 0 Å². The molecule has 0 saturated heterocycles. The molecular formula is C13H17N. The van der Waals surface area contributed by atoms with Gasteiger partial charge in [0.2, 0.25) is 0 Å². The summed E-state index contributed by atoms with van der Waals surface area (Å²) in [4.78, 5) is 0. The lowest BCUT2D eigenvalue weighted by Gasteiger charge is -2.26. The number of aryl methyl sites for hydroxylation is 1. The fourth-order valence-electron chi connectivity index (χ4n) is 2.66. The molecule has 0 aromatic heterocycles. The molecule has 1 fully saturated rings. The molecule has 1 aromatic carbocycles. The highest BCUT2D eigenvalue weighted by Gasteiger charge is 2.46. The minimum atomic E-state index is 0.542. The van der Waals surface area contributed by atoms with Crippen LogP contribution in [-0.4, -0.2) is 6.54 Å². The number of hydrogen-bond acceptors (Lipinski definition) is 1. The average molecular weight is 187 g/mol. The first-order valence-corrected chi connectivity index (χ1v) is 5.67. The molecule has 0 unspecified atom stereocenters. The van der Waals surface area contributed by atoms with Crippen molar-refractivity contribution >= 4 is 0 Å². The summed E-state index contributed by atoms with van der Waals surface area (Å²) in [5.74, 6) is 0. The van der Waals surface area contributed by atoms with Crippen molar-refractivity contribution < 1.29 is 0 Å². The standard InChI is InChI=1S/C13H17N/c1-2-10-3-4-12-11(7-10)8-14-9-13(12)5-6-13/h3-4,7,14H,2,5-6,8-9H2,1H3. The summed E-state index contributed by atoms with van der Waals surface area (Å²) < 4.78 is 0. The van der Waals surface area contributed by atoms with Gasteiger partial charge in [0, 0.05) is 18.5 Å². The van der Waals surface area contributed by atoms with Crippen molar-refractivity contribution in [2.24, 2.45) is 0 Å². The van der Waals surface area contributed by atoms with E-state index in [0.29, 0.717) is 5.41 Å². The van der Waals surface area contributed by atoms with Gasteiger partial charge in [-0.25, -0.2) is 0 Å². The fourth-order valence-corrected chi connectivity index (χ4v) is 2.66. The number of fused-ring (bicyclic) bond motifs is 2. The van der Waals surface area contributed by atoms with Gasteiger partial charge < -0.3 is 5.32 Å². The lowest BCUT2D eigenvalue weighted by Crippen LogP contribution is -2.33. The predicted octanol–water partition coefficient (Wildman–Crippen LogP) is 2.38. The Balaban J connectivity index is 2.07. The zero-order valence-electron chi connectivity index (χ0n) is 8.77. The third-order valence-corrected chi connectivity index (χ3v) is 3.78. The number of nitrogens with one attached hydrogen (secondary N) is 1. The van der Waals surface area contributed by atoms with E-state index in [4.69, 9.17) is 0 Å². The topological polar surface area (TPSA) is 12.0 Å². The molecule has 0 atom stereocenters. The van der Waals surface area contributed by atoms with Crippen molar-refractivity contribution in [1.29, 1.82) is 0 Å². The summed E-state index contributed by atoms with van der Waals surface area (Å²) in [6.07, 6.45) is 3.93. The maximum Gasteiger partial charge on any atom is 0.0208 e. The Morgan fingerprint density at radius 3 is 2.93 bits per heavy atom. The van der Waals surface area contributed by atoms with E-state index in [-0.39, 0.29) is 0 Å². The number of rotatable bonds is 1. The fraction of sp³-hybridized carbons (Fsp3) is 0.538. The largest absolute Gasteiger partial charge is 0.312 e. The zero-order valence-corrected chi connectivity index (χ0v) is 8.77. The summed E-state index contributed by atoms with van der Waals surface area (Å²) in [5.41, 5.74) is 5.20. The normalized spacial score (nSPS) is 22.1. The van der Waals surface area contributed by atoms with Crippen molar-refractivity contribution in [3.8, 4) is 0 Å². The molecule has 0 bridgehead atoms. The Hall–Kier alpha value is -0.820. The molecule has 1 aliphatic heterocycles. The molecule has 1 N–H and O–H groups in total. The van der Waals surface area contributed by atoms with Gasteiger partial charge in [0.25, 0.3) is 0 Å². The zero-order chi connectivity index (χ0) is 9.60. The SMILES string of the molecule is CCc1ccc2c(c1)CNCC21CC1. The number of benzene rings is 1. The van der Waals surface area contributed by atoms with E-state index < -0.39 is 0 Å². The van der Waals surface area contributed by atoms with Crippen molar-refractivity contribution in [2.45, 2.75) is 38.1 Å². The Morgan fingerprint density at radius 1 is 1.36 bits per heavy atom. The molecule has 3 rings (SSSR count). The number of hydrogen-bond donors (Lipinski definition) is 1. The third kappa shape index (κ3) is 1.12. The molecule has 14 heavy (non-hydrogen) atoms. The average Bonchev–Trinajstić information content (AvgIpc) is 2.99. The Morgan fingerprint density at radius 2 is 2.21 bits per heavy atom. The monoisotopic (exact) mass is 187 g/mol. The second-order valence-electron chi connectivity index (χ2n) is 4.73.